The summed E-state index contributed by atoms with van der Waals surface area (Å²) in [5.74, 6) is -1.23. The number of nitrogens with one attached hydrogen (secondary N) is 1. The third-order valence-electron chi connectivity index (χ3n) is 2.83. The van der Waals surface area contributed by atoms with Gasteiger partial charge in [-0.25, -0.2) is 8.42 Å². The molecule has 0 heterocycles. The minimum Gasteiger partial charge on any atom is -0.497 e. The molecule has 1 unspecified atom stereocenters. The zero-order chi connectivity index (χ0) is 16.9. The van der Waals surface area contributed by atoms with Crippen LogP contribution in [0.25, 0.3) is 0 Å². The third-order valence-corrected chi connectivity index (χ3v) is 4.34. The fourth-order valence-corrected chi connectivity index (χ4v) is 3.14. The van der Waals surface area contributed by atoms with Crippen LogP contribution in [-0.4, -0.2) is 37.6 Å². The van der Waals surface area contributed by atoms with Crippen molar-refractivity contribution in [1.82, 2.24) is 4.72 Å². The molecule has 0 aromatic heterocycles. The van der Waals surface area contributed by atoms with Crippen molar-refractivity contribution in [2.45, 2.75) is 30.7 Å². The molecular weight excluding hydrogens is 316 g/mol. The van der Waals surface area contributed by atoms with Gasteiger partial charge in [0.25, 0.3) is 5.69 Å². The Labute approximate surface area is 127 Å². The maximum atomic E-state index is 12.2. The van der Waals surface area contributed by atoms with Crippen LogP contribution in [0.1, 0.15) is 19.8 Å². The van der Waals surface area contributed by atoms with Crippen molar-refractivity contribution in [1.29, 1.82) is 0 Å². The van der Waals surface area contributed by atoms with E-state index in [1.165, 1.54) is 13.2 Å². The Morgan fingerprint density at radius 1 is 1.50 bits per heavy atom. The molecule has 1 atom stereocenters. The molecule has 0 aliphatic heterocycles. The number of aliphatic carboxylic acids is 1. The van der Waals surface area contributed by atoms with Crippen molar-refractivity contribution in [2.75, 3.05) is 7.11 Å². The van der Waals surface area contributed by atoms with Gasteiger partial charge in [0.2, 0.25) is 10.0 Å². The molecular formula is C12H16N2O7S. The average Bonchev–Trinajstić information content (AvgIpc) is 2.45. The maximum Gasteiger partial charge on any atom is 0.321 e. The van der Waals surface area contributed by atoms with Crippen LogP contribution in [0.2, 0.25) is 0 Å². The van der Waals surface area contributed by atoms with E-state index in [-0.39, 0.29) is 12.2 Å². The molecule has 0 aliphatic carbocycles. The molecule has 10 heteroatoms. The van der Waals surface area contributed by atoms with E-state index in [0.717, 1.165) is 12.1 Å². The molecule has 1 aromatic rings. The largest absolute Gasteiger partial charge is 0.497 e. The smallest absolute Gasteiger partial charge is 0.321 e. The lowest BCUT2D eigenvalue weighted by Crippen LogP contribution is -2.40. The van der Waals surface area contributed by atoms with Gasteiger partial charge in [-0.2, -0.15) is 4.72 Å². The van der Waals surface area contributed by atoms with Crippen LogP contribution in [0.5, 0.6) is 5.75 Å². The number of methoxy groups -OCH3 is 1. The molecule has 122 valence electrons. The summed E-state index contributed by atoms with van der Waals surface area (Å²) in [4.78, 5) is 20.6. The molecule has 0 radical (unpaired) electrons. The van der Waals surface area contributed by atoms with Gasteiger partial charge in [-0.05, 0) is 18.6 Å². The number of carboxylic acids is 1. The topological polar surface area (TPSA) is 136 Å². The van der Waals surface area contributed by atoms with Gasteiger partial charge in [0, 0.05) is 0 Å². The predicted octanol–water partition coefficient (Wildman–Crippen LogP) is 1.13. The molecule has 1 aromatic carbocycles. The molecule has 0 fully saturated rings. The van der Waals surface area contributed by atoms with Crippen molar-refractivity contribution < 1.29 is 28.0 Å². The Hall–Kier alpha value is -2.20. The Balaban J connectivity index is 3.27. The molecule has 2 N–H and O–H groups in total. The minimum absolute atomic E-state index is 0.0680. The maximum absolute atomic E-state index is 12.2. The van der Waals surface area contributed by atoms with Gasteiger partial charge < -0.3 is 9.84 Å². The van der Waals surface area contributed by atoms with Gasteiger partial charge in [0.15, 0.2) is 4.90 Å². The number of carbonyl (C=O) groups is 1. The van der Waals surface area contributed by atoms with Crippen LogP contribution < -0.4 is 9.46 Å². The SMILES string of the molecule is CCCC(NS(=O)(=O)c1ccc(OC)cc1[N+](=O)[O-])C(=O)O. The highest BCUT2D eigenvalue weighted by Gasteiger charge is 2.30. The number of benzene rings is 1. The van der Waals surface area contributed by atoms with Crippen LogP contribution in [0.15, 0.2) is 23.1 Å². The second-order valence-corrected chi connectivity index (χ2v) is 6.07. The zero-order valence-corrected chi connectivity index (χ0v) is 12.8. The summed E-state index contributed by atoms with van der Waals surface area (Å²) in [7, 11) is -3.07. The summed E-state index contributed by atoms with van der Waals surface area (Å²) < 4.78 is 31.2. The number of hydrogen-bond donors (Lipinski definition) is 2. The molecule has 0 aliphatic rings. The van der Waals surface area contributed by atoms with Crippen LogP contribution >= 0.6 is 0 Å². The van der Waals surface area contributed by atoms with Crippen molar-refractivity contribution in [3.05, 3.63) is 28.3 Å². The summed E-state index contributed by atoms with van der Waals surface area (Å²) in [6.45, 7) is 1.69. The van der Waals surface area contributed by atoms with Crippen LogP contribution in [0, 0.1) is 10.1 Å². The zero-order valence-electron chi connectivity index (χ0n) is 12.0. The van der Waals surface area contributed by atoms with Gasteiger partial charge in [-0.3, -0.25) is 14.9 Å². The lowest BCUT2D eigenvalue weighted by molar-refractivity contribution is -0.387. The predicted molar refractivity (Wildman–Crippen MR) is 76.3 cm³/mol. The lowest BCUT2D eigenvalue weighted by atomic mass is 10.2. The summed E-state index contributed by atoms with van der Waals surface area (Å²) in [6.07, 6.45) is 0.503. The molecule has 22 heavy (non-hydrogen) atoms. The fourth-order valence-electron chi connectivity index (χ4n) is 1.77. The number of sulfonamides is 1. The number of nitrogens with zero attached hydrogens (tertiary/aromatic N) is 1. The van der Waals surface area contributed by atoms with E-state index in [9.17, 15) is 23.3 Å². The Morgan fingerprint density at radius 3 is 2.59 bits per heavy atom. The number of carboxylic acid groups (broad SMARTS) is 1. The first-order chi connectivity index (χ1) is 10.2. The normalized spacial score (nSPS) is 12.6. The Morgan fingerprint density at radius 2 is 2.14 bits per heavy atom. The third kappa shape index (κ3) is 4.15. The Bertz CT molecular complexity index is 672. The van der Waals surface area contributed by atoms with Crippen molar-refractivity contribution in [3.63, 3.8) is 0 Å². The van der Waals surface area contributed by atoms with Crippen molar-refractivity contribution in [2.24, 2.45) is 0 Å². The van der Waals surface area contributed by atoms with E-state index in [4.69, 9.17) is 9.84 Å². The Kier molecular flexibility index (Phi) is 5.83. The lowest BCUT2D eigenvalue weighted by Gasteiger charge is -2.14. The van der Waals surface area contributed by atoms with E-state index in [2.05, 4.69) is 0 Å². The number of nitro benzene ring substituents is 1. The van der Waals surface area contributed by atoms with Gasteiger partial charge in [-0.1, -0.05) is 13.3 Å². The van der Waals surface area contributed by atoms with E-state index >= 15 is 0 Å². The minimum atomic E-state index is -4.36. The average molecular weight is 332 g/mol. The molecule has 0 saturated heterocycles. The standard InChI is InChI=1S/C12H16N2O7S/c1-3-4-9(12(15)16)13-22(19,20)11-6-5-8(21-2)7-10(11)14(17)18/h5-7,9,13H,3-4H2,1-2H3,(H,15,16). The van der Waals surface area contributed by atoms with E-state index in [1.54, 1.807) is 6.92 Å². The number of nitro groups is 1. The van der Waals surface area contributed by atoms with E-state index < -0.39 is 37.5 Å². The second-order valence-electron chi connectivity index (χ2n) is 4.39. The molecule has 0 spiro atoms. The first-order valence-corrected chi connectivity index (χ1v) is 7.78. The molecule has 0 bridgehead atoms. The number of ether oxygens (including phenoxy) is 1. The highest BCUT2D eigenvalue weighted by atomic mass is 32.2. The molecule has 1 rings (SSSR count). The highest BCUT2D eigenvalue weighted by molar-refractivity contribution is 7.89. The summed E-state index contributed by atoms with van der Waals surface area (Å²) in [5, 5.41) is 20.0. The van der Waals surface area contributed by atoms with Gasteiger partial charge in [0.1, 0.15) is 11.8 Å². The van der Waals surface area contributed by atoms with Gasteiger partial charge in [0.05, 0.1) is 18.1 Å². The quantitative estimate of drug-likeness (QED) is 0.538. The fraction of sp³-hybridized carbons (Fsp3) is 0.417. The van der Waals surface area contributed by atoms with Crippen molar-refractivity contribution >= 4 is 21.7 Å². The summed E-state index contributed by atoms with van der Waals surface area (Å²) >= 11 is 0. The summed E-state index contributed by atoms with van der Waals surface area (Å²) in [5.41, 5.74) is -0.688. The molecule has 9 nitrogen and oxygen atoms in total. The first-order valence-electron chi connectivity index (χ1n) is 6.30. The van der Waals surface area contributed by atoms with Crippen LogP contribution in [-0.2, 0) is 14.8 Å². The summed E-state index contributed by atoms with van der Waals surface area (Å²) in [6, 6.07) is 1.86. The van der Waals surface area contributed by atoms with Crippen molar-refractivity contribution in [3.8, 4) is 5.75 Å². The van der Waals surface area contributed by atoms with E-state index in [1.807, 2.05) is 4.72 Å². The van der Waals surface area contributed by atoms with Gasteiger partial charge >= 0.3 is 5.97 Å². The second kappa shape index (κ2) is 7.18. The first kappa shape index (κ1) is 17.9. The molecule has 0 saturated carbocycles. The van der Waals surface area contributed by atoms with Crippen LogP contribution in [0.4, 0.5) is 5.69 Å². The number of rotatable bonds is 8. The van der Waals surface area contributed by atoms with Gasteiger partial charge in [-0.15, -0.1) is 0 Å². The monoisotopic (exact) mass is 332 g/mol. The number of hydrogen-bond acceptors (Lipinski definition) is 6. The molecule has 0 amide bonds. The highest BCUT2D eigenvalue weighted by Crippen LogP contribution is 2.28. The van der Waals surface area contributed by atoms with Crippen LogP contribution in [0.3, 0.4) is 0 Å². The van der Waals surface area contributed by atoms with E-state index in [0.29, 0.717) is 6.42 Å².